The average Bonchev–Trinajstić information content (AvgIpc) is 2.14. The van der Waals surface area contributed by atoms with Crippen molar-refractivity contribution >= 4 is 11.8 Å². The van der Waals surface area contributed by atoms with Gasteiger partial charge in [-0.15, -0.1) is 0 Å². The number of rotatable bonds is 4. The molecule has 3 heteroatoms. The highest BCUT2D eigenvalue weighted by atomic mass is 32.2. The maximum Gasteiger partial charge on any atom is 0.0158 e. The summed E-state index contributed by atoms with van der Waals surface area (Å²) < 4.78 is 0. The highest BCUT2D eigenvalue weighted by molar-refractivity contribution is 7.99. The minimum Gasteiger partial charge on any atom is -0.328 e. The fourth-order valence-corrected chi connectivity index (χ4v) is 3.40. The molecule has 0 saturated carbocycles. The van der Waals surface area contributed by atoms with Gasteiger partial charge >= 0.3 is 0 Å². The van der Waals surface area contributed by atoms with E-state index in [-0.39, 0.29) is 0 Å². The lowest BCUT2D eigenvalue weighted by Gasteiger charge is -2.34. The molecule has 2 nitrogen and oxygen atoms in total. The Morgan fingerprint density at radius 2 is 2.12 bits per heavy atom. The minimum absolute atomic E-state index is 0.363. The van der Waals surface area contributed by atoms with Crippen LogP contribution in [-0.2, 0) is 0 Å². The van der Waals surface area contributed by atoms with Crippen LogP contribution in [-0.4, -0.2) is 41.6 Å². The molecule has 0 aromatic carbocycles. The quantitative estimate of drug-likeness (QED) is 0.824. The summed E-state index contributed by atoms with van der Waals surface area (Å²) in [5, 5.41) is 0. The molecule has 0 aliphatic carbocycles. The topological polar surface area (TPSA) is 29.3 Å². The molecular weight excluding hydrogens is 216 g/mol. The second-order valence-corrected chi connectivity index (χ2v) is 7.42. The Kier molecular flexibility index (Phi) is 5.62. The normalized spacial score (nSPS) is 25.7. The summed E-state index contributed by atoms with van der Waals surface area (Å²) in [6.07, 6.45) is 2.27. The summed E-state index contributed by atoms with van der Waals surface area (Å²) in [6, 6.07) is 1.10. The average molecular weight is 244 g/mol. The third-order valence-corrected chi connectivity index (χ3v) is 4.36. The zero-order chi connectivity index (χ0) is 12.2. The van der Waals surface area contributed by atoms with Crippen LogP contribution in [0.2, 0.25) is 0 Å². The maximum atomic E-state index is 6.19. The first-order valence-corrected chi connectivity index (χ1v) is 7.61. The fraction of sp³-hybridized carbons (Fsp3) is 1.00. The van der Waals surface area contributed by atoms with Gasteiger partial charge in [-0.2, -0.15) is 11.8 Å². The molecular formula is C13H28N2S. The Labute approximate surface area is 105 Å². The Morgan fingerprint density at radius 3 is 2.69 bits per heavy atom. The van der Waals surface area contributed by atoms with Crippen molar-refractivity contribution in [1.82, 2.24) is 4.90 Å². The lowest BCUT2D eigenvalue weighted by molar-refractivity contribution is 0.214. The van der Waals surface area contributed by atoms with Gasteiger partial charge in [0.2, 0.25) is 0 Å². The molecule has 16 heavy (non-hydrogen) atoms. The van der Waals surface area contributed by atoms with Gasteiger partial charge in [-0.25, -0.2) is 0 Å². The van der Waals surface area contributed by atoms with Gasteiger partial charge in [-0.1, -0.05) is 20.8 Å². The number of nitrogens with two attached hydrogens (primary N) is 1. The van der Waals surface area contributed by atoms with Gasteiger partial charge in [0, 0.05) is 30.1 Å². The molecule has 0 amide bonds. The molecule has 2 atom stereocenters. The monoisotopic (exact) mass is 244 g/mol. The van der Waals surface area contributed by atoms with E-state index in [1.165, 1.54) is 24.6 Å². The van der Waals surface area contributed by atoms with E-state index in [4.69, 9.17) is 5.73 Å². The molecule has 2 unspecified atom stereocenters. The van der Waals surface area contributed by atoms with Gasteiger partial charge in [0.25, 0.3) is 0 Å². The van der Waals surface area contributed by atoms with Crippen LogP contribution in [0.1, 0.15) is 40.5 Å². The number of nitrogens with zero attached hydrogens (tertiary/aromatic N) is 1. The van der Waals surface area contributed by atoms with E-state index in [1.54, 1.807) is 0 Å². The van der Waals surface area contributed by atoms with Crippen LogP contribution in [0.15, 0.2) is 0 Å². The molecule has 0 aromatic heterocycles. The lowest BCUT2D eigenvalue weighted by Crippen LogP contribution is -2.42. The molecule has 1 rings (SSSR count). The second kappa shape index (κ2) is 6.27. The highest BCUT2D eigenvalue weighted by Gasteiger charge is 2.20. The summed E-state index contributed by atoms with van der Waals surface area (Å²) in [4.78, 5) is 2.60. The molecule has 1 fully saturated rings. The van der Waals surface area contributed by atoms with E-state index < -0.39 is 0 Å². The molecule has 1 aliphatic heterocycles. The van der Waals surface area contributed by atoms with E-state index in [0.717, 1.165) is 18.9 Å². The van der Waals surface area contributed by atoms with Crippen molar-refractivity contribution in [1.29, 1.82) is 0 Å². The van der Waals surface area contributed by atoms with Crippen LogP contribution < -0.4 is 5.73 Å². The van der Waals surface area contributed by atoms with E-state index in [2.05, 4.69) is 44.4 Å². The lowest BCUT2D eigenvalue weighted by atomic mass is 9.87. The predicted octanol–water partition coefficient (Wildman–Crippen LogP) is 2.58. The van der Waals surface area contributed by atoms with Crippen molar-refractivity contribution in [3.8, 4) is 0 Å². The molecule has 96 valence electrons. The number of thioether (sulfide) groups is 1. The molecule has 1 saturated heterocycles. The molecule has 1 aliphatic rings. The molecule has 0 spiro atoms. The largest absolute Gasteiger partial charge is 0.328 e. The van der Waals surface area contributed by atoms with Gasteiger partial charge < -0.3 is 5.73 Å². The van der Waals surface area contributed by atoms with Crippen LogP contribution in [0.4, 0.5) is 0 Å². The second-order valence-electron chi connectivity index (χ2n) is 6.27. The van der Waals surface area contributed by atoms with Crippen molar-refractivity contribution in [2.75, 3.05) is 24.6 Å². The Balaban J connectivity index is 2.22. The zero-order valence-electron chi connectivity index (χ0n) is 11.3. The summed E-state index contributed by atoms with van der Waals surface area (Å²) in [5.41, 5.74) is 6.55. The van der Waals surface area contributed by atoms with Gasteiger partial charge in [-0.3, -0.25) is 4.90 Å². The Bertz CT molecular complexity index is 201. The SMILES string of the molecule is CC1CSCCN1CCC(N)CC(C)(C)C. The van der Waals surface area contributed by atoms with Crippen molar-refractivity contribution in [3.63, 3.8) is 0 Å². The summed E-state index contributed by atoms with van der Waals surface area (Å²) in [7, 11) is 0. The third kappa shape index (κ3) is 5.55. The zero-order valence-corrected chi connectivity index (χ0v) is 12.1. The van der Waals surface area contributed by atoms with Gasteiger partial charge in [-0.05, 0) is 31.7 Å². The first-order valence-electron chi connectivity index (χ1n) is 6.46. The van der Waals surface area contributed by atoms with Gasteiger partial charge in [0.1, 0.15) is 0 Å². The molecule has 2 N–H and O–H groups in total. The predicted molar refractivity (Wildman–Crippen MR) is 75.0 cm³/mol. The van der Waals surface area contributed by atoms with Crippen LogP contribution in [0, 0.1) is 5.41 Å². The van der Waals surface area contributed by atoms with E-state index in [0.29, 0.717) is 11.5 Å². The first kappa shape index (κ1) is 14.3. The standard InChI is InChI=1S/C13H28N2S/c1-11-10-16-8-7-15(11)6-5-12(14)9-13(2,3)4/h11-12H,5-10,14H2,1-4H3. The first-order chi connectivity index (χ1) is 7.38. The molecule has 0 radical (unpaired) electrons. The van der Waals surface area contributed by atoms with Crippen LogP contribution >= 0.6 is 11.8 Å². The summed E-state index contributed by atoms with van der Waals surface area (Å²) in [5.74, 6) is 2.58. The number of hydrogen-bond acceptors (Lipinski definition) is 3. The third-order valence-electron chi connectivity index (χ3n) is 3.17. The smallest absolute Gasteiger partial charge is 0.0158 e. The molecule has 0 bridgehead atoms. The van der Waals surface area contributed by atoms with Gasteiger partial charge in [0.15, 0.2) is 0 Å². The fourth-order valence-electron chi connectivity index (χ4n) is 2.31. The van der Waals surface area contributed by atoms with E-state index in [9.17, 15) is 0 Å². The van der Waals surface area contributed by atoms with Crippen LogP contribution in [0.3, 0.4) is 0 Å². The molecule has 0 aromatic rings. The summed E-state index contributed by atoms with van der Waals surface area (Å²) in [6.45, 7) is 11.6. The summed E-state index contributed by atoms with van der Waals surface area (Å²) >= 11 is 2.08. The van der Waals surface area contributed by atoms with Crippen molar-refractivity contribution < 1.29 is 0 Å². The minimum atomic E-state index is 0.363. The number of hydrogen-bond donors (Lipinski definition) is 1. The maximum absolute atomic E-state index is 6.19. The van der Waals surface area contributed by atoms with Crippen molar-refractivity contribution in [3.05, 3.63) is 0 Å². The van der Waals surface area contributed by atoms with Crippen molar-refractivity contribution in [2.24, 2.45) is 11.1 Å². The van der Waals surface area contributed by atoms with Crippen LogP contribution in [0.5, 0.6) is 0 Å². The van der Waals surface area contributed by atoms with Crippen LogP contribution in [0.25, 0.3) is 0 Å². The Morgan fingerprint density at radius 1 is 1.44 bits per heavy atom. The highest BCUT2D eigenvalue weighted by Crippen LogP contribution is 2.22. The van der Waals surface area contributed by atoms with E-state index >= 15 is 0 Å². The molecule has 1 heterocycles. The Hall–Kier alpha value is 0.270. The van der Waals surface area contributed by atoms with Crippen molar-refractivity contribution in [2.45, 2.75) is 52.6 Å². The van der Waals surface area contributed by atoms with E-state index in [1.807, 2.05) is 0 Å². The van der Waals surface area contributed by atoms with Gasteiger partial charge in [0.05, 0.1) is 0 Å².